The lowest BCUT2D eigenvalue weighted by Crippen LogP contribution is -2.23. The van der Waals surface area contributed by atoms with E-state index >= 15 is 0 Å². The van der Waals surface area contributed by atoms with Crippen LogP contribution in [0, 0.1) is 51.2 Å². The number of hydrogen-bond donors (Lipinski definition) is 3. The highest BCUT2D eigenvalue weighted by Gasteiger charge is 2.33. The Kier molecular flexibility index (Phi) is 40.7. The van der Waals surface area contributed by atoms with Gasteiger partial charge in [-0.25, -0.2) is 0 Å². The summed E-state index contributed by atoms with van der Waals surface area (Å²) in [5.41, 5.74) is 8.22. The summed E-state index contributed by atoms with van der Waals surface area (Å²) < 4.78 is 0. The highest BCUT2D eigenvalue weighted by Crippen LogP contribution is 2.46. The number of hydrogen-bond acceptors (Lipinski definition) is 4. The van der Waals surface area contributed by atoms with Crippen LogP contribution in [0.25, 0.3) is 0 Å². The minimum absolute atomic E-state index is 0.383. The molecule has 0 unspecified atom stereocenters. The van der Waals surface area contributed by atoms with Crippen molar-refractivity contribution in [3.63, 3.8) is 0 Å². The average molecular weight is 1000 g/mol. The summed E-state index contributed by atoms with van der Waals surface area (Å²) in [5.74, 6) is 5.36. The van der Waals surface area contributed by atoms with Gasteiger partial charge in [0.1, 0.15) is 0 Å². The van der Waals surface area contributed by atoms with Gasteiger partial charge in [0.05, 0.1) is 0 Å². The Morgan fingerprint density at radius 1 is 0.451 bits per heavy atom. The third-order valence-corrected chi connectivity index (χ3v) is 20.6. The number of aliphatic hydroxyl groups is 1. The first kappa shape index (κ1) is 68.9. The Hall–Kier alpha value is -0.160. The van der Waals surface area contributed by atoms with Crippen LogP contribution in [0.1, 0.15) is 332 Å². The summed E-state index contributed by atoms with van der Waals surface area (Å²) in [4.78, 5) is 2.32. The van der Waals surface area contributed by atoms with E-state index in [2.05, 4.69) is 93.7 Å². The van der Waals surface area contributed by atoms with Gasteiger partial charge in [-0.05, 0) is 175 Å². The van der Waals surface area contributed by atoms with Crippen LogP contribution < -0.4 is 11.1 Å². The molecule has 8 saturated carbocycles. The molecule has 0 amide bonds. The van der Waals surface area contributed by atoms with Crippen molar-refractivity contribution < 1.29 is 5.11 Å². The maximum atomic E-state index is 8.82. The van der Waals surface area contributed by atoms with Crippen molar-refractivity contribution in [2.75, 3.05) is 47.4 Å². The summed E-state index contributed by atoms with van der Waals surface area (Å²) in [7, 11) is 6.41. The number of rotatable bonds is 19. The fourth-order valence-electron chi connectivity index (χ4n) is 14.0. The molecule has 0 radical (unpaired) electrons. The Bertz CT molecular complexity index is 1090. The molecule has 8 fully saturated rings. The van der Waals surface area contributed by atoms with Gasteiger partial charge >= 0.3 is 0 Å². The molecule has 426 valence electrons. The lowest BCUT2D eigenvalue weighted by molar-refractivity contribution is 0.179. The molecule has 0 atom stereocenters. The highest BCUT2D eigenvalue weighted by atomic mass is 16.3. The largest absolute Gasteiger partial charge is 0.396 e. The first-order chi connectivity index (χ1) is 34.3. The molecule has 0 aromatic heterocycles. The van der Waals surface area contributed by atoms with Crippen LogP contribution in [0.4, 0.5) is 0 Å². The Balaban J connectivity index is 0.000000409. The van der Waals surface area contributed by atoms with E-state index in [0.29, 0.717) is 17.4 Å². The molecule has 0 bridgehead atoms. The molecule has 4 heteroatoms. The lowest BCUT2D eigenvalue weighted by atomic mass is 9.80. The van der Waals surface area contributed by atoms with Gasteiger partial charge in [0.25, 0.3) is 0 Å². The van der Waals surface area contributed by atoms with Gasteiger partial charge in [0.15, 0.2) is 0 Å². The van der Waals surface area contributed by atoms with E-state index < -0.39 is 0 Å². The molecule has 0 saturated heterocycles. The van der Waals surface area contributed by atoms with Crippen molar-refractivity contribution in [1.82, 2.24) is 10.2 Å². The molecular formula is C67H137N3O. The monoisotopic (exact) mass is 1000 g/mol. The molecule has 4 N–H and O–H groups in total. The van der Waals surface area contributed by atoms with E-state index in [1.807, 2.05) is 0 Å². The van der Waals surface area contributed by atoms with E-state index in [1.54, 1.807) is 0 Å². The summed E-state index contributed by atoms with van der Waals surface area (Å²) in [5, 5.41) is 12.1. The van der Waals surface area contributed by atoms with Gasteiger partial charge in [-0.1, -0.05) is 249 Å². The molecule has 8 aliphatic rings. The molecule has 71 heavy (non-hydrogen) atoms. The van der Waals surface area contributed by atoms with Crippen LogP contribution in [0.2, 0.25) is 0 Å². The first-order valence-corrected chi connectivity index (χ1v) is 32.9. The van der Waals surface area contributed by atoms with Gasteiger partial charge in [0, 0.05) is 6.61 Å². The van der Waals surface area contributed by atoms with Crippen LogP contribution in [0.3, 0.4) is 0 Å². The minimum atomic E-state index is 0.383. The predicted molar refractivity (Wildman–Crippen MR) is 321 cm³/mol. The van der Waals surface area contributed by atoms with Crippen LogP contribution in [0.5, 0.6) is 0 Å². The zero-order chi connectivity index (χ0) is 52.7. The average Bonchev–Trinajstić information content (AvgIpc) is 4.06. The molecular weight excluding hydrogens is 863 g/mol. The van der Waals surface area contributed by atoms with Crippen molar-refractivity contribution >= 4 is 0 Å². The van der Waals surface area contributed by atoms with Crippen LogP contribution in [0.15, 0.2) is 0 Å². The van der Waals surface area contributed by atoms with Crippen LogP contribution >= 0.6 is 0 Å². The van der Waals surface area contributed by atoms with Gasteiger partial charge in [-0.2, -0.15) is 0 Å². The number of nitrogens with zero attached hydrogens (tertiary/aromatic N) is 1. The van der Waals surface area contributed by atoms with Crippen molar-refractivity contribution in [2.24, 2.45) is 57.0 Å². The second kappa shape index (κ2) is 41.9. The molecule has 8 rings (SSSR count). The summed E-state index contributed by atoms with van der Waals surface area (Å²) >= 11 is 0. The molecule has 0 aliphatic heterocycles. The fourth-order valence-corrected chi connectivity index (χ4v) is 14.0. The van der Waals surface area contributed by atoms with Crippen LogP contribution in [-0.2, 0) is 0 Å². The smallest absolute Gasteiger partial charge is 0.0436 e. The molecule has 0 aromatic carbocycles. The summed E-state index contributed by atoms with van der Waals surface area (Å²) in [6.07, 6.45) is 60.3. The molecule has 0 heterocycles. The molecule has 8 aliphatic carbocycles. The Morgan fingerprint density at radius 2 is 0.789 bits per heavy atom. The van der Waals surface area contributed by atoms with Crippen molar-refractivity contribution in [3.05, 3.63) is 0 Å². The summed E-state index contributed by atoms with van der Waals surface area (Å²) in [6.45, 7) is 24.5. The quantitative estimate of drug-likeness (QED) is 0.121. The maximum absolute atomic E-state index is 8.82. The van der Waals surface area contributed by atoms with Crippen molar-refractivity contribution in [3.8, 4) is 0 Å². The lowest BCUT2D eigenvalue weighted by Gasteiger charge is -2.28. The number of aliphatic hydroxyl groups excluding tert-OH is 1. The number of nitrogens with two attached hydrogens (primary N) is 1. The fraction of sp³-hybridized carbons (Fsp3) is 1.00. The maximum Gasteiger partial charge on any atom is 0.0436 e. The third kappa shape index (κ3) is 31.6. The molecule has 4 nitrogen and oxygen atoms in total. The van der Waals surface area contributed by atoms with Crippen molar-refractivity contribution in [1.29, 1.82) is 0 Å². The van der Waals surface area contributed by atoms with E-state index in [-0.39, 0.29) is 0 Å². The van der Waals surface area contributed by atoms with Gasteiger partial charge in [0.2, 0.25) is 0 Å². The third-order valence-electron chi connectivity index (χ3n) is 20.6. The standard InChI is InChI=1S/C11H23N.C10H21N.C9H19N.C9H18O.C8H16.2C7H14.C6H12/c1-4-11(7-5-6-8-11)9-10-12(2)3;1-3-10(8-9-11-2)6-4-5-7-10;2*1-2-9(7-8-10)5-3-4-6-9;1-2-8-6-4-3-5-7-8;1-6(2)5-7-3-4-7;1-2-7-5-3-4-6-7;1-2-6-4-3-5-6/h4-10H2,1-3H3;11H,3-9H2,1-2H3;2-8,10H2,1H3;10H,2-8H2,1H3;8H,2-7H2,1H3;6-7H,3-5H2,1-2H3;7H,2-6H2,1H3;6H,2-5H2,1H3. The zero-order valence-electron chi connectivity index (χ0n) is 51.4. The van der Waals surface area contributed by atoms with Gasteiger partial charge in [-0.3, -0.25) is 0 Å². The Labute approximate surface area is 449 Å². The molecule has 0 aromatic rings. The summed E-state index contributed by atoms with van der Waals surface area (Å²) in [6, 6.07) is 0. The second-order valence-corrected chi connectivity index (χ2v) is 26.4. The van der Waals surface area contributed by atoms with E-state index in [0.717, 1.165) is 53.4 Å². The van der Waals surface area contributed by atoms with Gasteiger partial charge < -0.3 is 21.1 Å². The van der Waals surface area contributed by atoms with Crippen molar-refractivity contribution in [2.45, 2.75) is 332 Å². The SMILES string of the molecule is CC(C)CC1CC1.CCC1(CCN(C)C)CCCC1.CCC1(CCN)CCCC1.CCC1(CCNC)CCCC1.CCC1(CCO)CCCC1.CCC1CCC1.CCC1CCCC1.CCC1CCCCC1. The van der Waals surface area contributed by atoms with Gasteiger partial charge in [-0.15, -0.1) is 0 Å². The number of nitrogens with one attached hydrogen (secondary N) is 1. The van der Waals surface area contributed by atoms with E-state index in [1.165, 1.54) is 276 Å². The van der Waals surface area contributed by atoms with E-state index in [4.69, 9.17) is 10.8 Å². The first-order valence-electron chi connectivity index (χ1n) is 32.9. The zero-order valence-corrected chi connectivity index (χ0v) is 51.4. The van der Waals surface area contributed by atoms with Crippen LogP contribution in [-0.4, -0.2) is 57.4 Å². The highest BCUT2D eigenvalue weighted by molar-refractivity contribution is 4.86. The predicted octanol–water partition coefficient (Wildman–Crippen LogP) is 20.3. The Morgan fingerprint density at radius 3 is 1.03 bits per heavy atom. The topological polar surface area (TPSA) is 61.5 Å². The van der Waals surface area contributed by atoms with E-state index in [9.17, 15) is 0 Å². The normalized spacial score (nSPS) is 22.8. The molecule has 0 spiro atoms. The second-order valence-electron chi connectivity index (χ2n) is 26.4. The minimum Gasteiger partial charge on any atom is -0.396 e.